The summed E-state index contributed by atoms with van der Waals surface area (Å²) in [4.78, 5) is 7.48. The van der Waals surface area contributed by atoms with E-state index in [1.807, 2.05) is 12.1 Å². The summed E-state index contributed by atoms with van der Waals surface area (Å²) in [6.07, 6.45) is 0. The molecule has 5 nitrogen and oxygen atoms in total. The Morgan fingerprint density at radius 1 is 0.879 bits per heavy atom. The molecule has 7 heteroatoms. The second-order valence-corrected chi connectivity index (χ2v) is 9.95. The lowest BCUT2D eigenvalue weighted by Crippen LogP contribution is -2.51. The first-order chi connectivity index (χ1) is 16.3. The van der Waals surface area contributed by atoms with Crippen LogP contribution in [0.4, 0.5) is 11.4 Å². The average molecular weight is 476 g/mol. The van der Waals surface area contributed by atoms with Crippen LogP contribution >= 0.6 is 23.5 Å². The minimum Gasteiger partial charge on any atom is -0.353 e. The molecule has 3 heterocycles. The van der Waals surface area contributed by atoms with Crippen molar-refractivity contribution in [2.75, 3.05) is 42.9 Å². The fourth-order valence-corrected chi connectivity index (χ4v) is 6.01. The number of nitrogens with zero attached hydrogens (tertiary/aromatic N) is 4. The molecule has 0 aromatic heterocycles. The van der Waals surface area contributed by atoms with Crippen molar-refractivity contribution < 1.29 is 0 Å². The van der Waals surface area contributed by atoms with E-state index in [2.05, 4.69) is 86.7 Å². The van der Waals surface area contributed by atoms with Crippen LogP contribution in [0.3, 0.4) is 0 Å². The van der Waals surface area contributed by atoms with Crippen molar-refractivity contribution in [2.24, 2.45) is 4.40 Å². The van der Waals surface area contributed by atoms with Crippen LogP contribution in [0.5, 0.6) is 0 Å². The first-order valence-corrected chi connectivity index (χ1v) is 12.6. The lowest BCUT2D eigenvalue weighted by molar-refractivity contribution is 0.120. The number of halogens is 1. The van der Waals surface area contributed by atoms with Gasteiger partial charge < -0.3 is 5.32 Å². The summed E-state index contributed by atoms with van der Waals surface area (Å²) in [7, 11) is 0. The van der Waals surface area contributed by atoms with Gasteiger partial charge >= 0.3 is 0 Å². The molecule has 3 aromatic carbocycles. The molecular weight excluding hydrogens is 450 g/mol. The number of benzene rings is 3. The zero-order valence-corrected chi connectivity index (χ0v) is 19.8. The van der Waals surface area contributed by atoms with Crippen LogP contribution in [0, 0.1) is 0 Å². The van der Waals surface area contributed by atoms with Crippen molar-refractivity contribution in [3.63, 3.8) is 0 Å². The Morgan fingerprint density at radius 3 is 2.36 bits per heavy atom. The summed E-state index contributed by atoms with van der Waals surface area (Å²) in [5.74, 6) is 1.15. The van der Waals surface area contributed by atoms with E-state index < -0.39 is 0 Å². The maximum Gasteiger partial charge on any atom is 0.175 e. The van der Waals surface area contributed by atoms with Crippen LogP contribution in [0.1, 0.15) is 17.2 Å². The maximum absolute atomic E-state index is 6.18. The van der Waals surface area contributed by atoms with Crippen LogP contribution in [0.25, 0.3) is 0 Å². The number of hydrogen-bond acceptors (Lipinski definition) is 6. The fraction of sp³-hybridized carbons (Fsp3) is 0.269. The highest BCUT2D eigenvalue weighted by Gasteiger charge is 2.38. The lowest BCUT2D eigenvalue weighted by atomic mass is 9.96. The zero-order chi connectivity index (χ0) is 22.2. The molecule has 2 atom stereocenters. The van der Waals surface area contributed by atoms with E-state index in [0.717, 1.165) is 43.6 Å². The normalized spacial score (nSPS) is 21.3. The molecule has 2 unspecified atom stereocenters. The smallest absolute Gasteiger partial charge is 0.175 e. The Labute approximate surface area is 204 Å². The number of para-hydroxylation sites is 2. The molecule has 168 valence electrons. The minimum absolute atomic E-state index is 0.186. The summed E-state index contributed by atoms with van der Waals surface area (Å²) < 4.78 is 4.80. The van der Waals surface area contributed by atoms with Gasteiger partial charge in [-0.25, -0.2) is 0 Å². The fourth-order valence-electron chi connectivity index (χ4n) is 5.01. The standard InChI is InChI=1S/C26H26ClN5S/c27-21-12-10-20(11-13-21)25(19-6-2-1-3-7-19)31-16-14-30(15-17-31)18-24-29-33-26-28-22-8-4-5-9-23(22)32(24)26/h1-13,25-26,28H,14-18H2. The predicted molar refractivity (Wildman–Crippen MR) is 139 cm³/mol. The summed E-state index contributed by atoms with van der Waals surface area (Å²) >= 11 is 7.80. The molecule has 0 bridgehead atoms. The third-order valence-corrected chi connectivity index (χ3v) is 7.75. The van der Waals surface area contributed by atoms with Gasteiger partial charge in [-0.2, -0.15) is 4.40 Å². The van der Waals surface area contributed by atoms with E-state index in [1.165, 1.54) is 22.5 Å². The third kappa shape index (κ3) is 4.13. The molecule has 6 rings (SSSR count). The molecule has 0 aliphatic carbocycles. The van der Waals surface area contributed by atoms with Gasteiger partial charge in [-0.1, -0.05) is 66.2 Å². The van der Waals surface area contributed by atoms with Crippen LogP contribution in [-0.4, -0.2) is 53.9 Å². The highest BCUT2D eigenvalue weighted by Crippen LogP contribution is 2.42. The van der Waals surface area contributed by atoms with E-state index in [4.69, 9.17) is 16.0 Å². The van der Waals surface area contributed by atoms with E-state index in [9.17, 15) is 0 Å². The lowest BCUT2D eigenvalue weighted by Gasteiger charge is -2.40. The molecule has 1 saturated heterocycles. The van der Waals surface area contributed by atoms with Crippen LogP contribution < -0.4 is 10.2 Å². The van der Waals surface area contributed by atoms with Gasteiger partial charge in [-0.05, 0) is 35.4 Å². The molecule has 0 amide bonds. The molecule has 3 aliphatic rings. The summed E-state index contributed by atoms with van der Waals surface area (Å²) in [5, 5.41) is 4.34. The SMILES string of the molecule is Clc1ccc(C(c2ccccc2)N2CCN(CC3=NSC4Nc5ccccc5N34)CC2)cc1. The van der Waals surface area contributed by atoms with Crippen molar-refractivity contribution in [1.29, 1.82) is 0 Å². The monoisotopic (exact) mass is 475 g/mol. The second-order valence-electron chi connectivity index (χ2n) is 8.67. The second kappa shape index (κ2) is 9.03. The van der Waals surface area contributed by atoms with Crippen LogP contribution in [0.15, 0.2) is 83.3 Å². The number of nitrogens with one attached hydrogen (secondary N) is 1. The van der Waals surface area contributed by atoms with Gasteiger partial charge in [-0.3, -0.25) is 14.7 Å². The predicted octanol–water partition coefficient (Wildman–Crippen LogP) is 5.32. The Hall–Kier alpha value is -2.51. The largest absolute Gasteiger partial charge is 0.353 e. The summed E-state index contributed by atoms with van der Waals surface area (Å²) in [5.41, 5.74) is 5.23. The number of amidine groups is 1. The number of fused-ring (bicyclic) bond motifs is 3. The first kappa shape index (κ1) is 21.1. The van der Waals surface area contributed by atoms with Gasteiger partial charge in [0.25, 0.3) is 0 Å². The average Bonchev–Trinajstić information content (AvgIpc) is 3.42. The van der Waals surface area contributed by atoms with Crippen molar-refractivity contribution in [2.45, 2.75) is 11.5 Å². The summed E-state index contributed by atoms with van der Waals surface area (Å²) in [6.45, 7) is 4.95. The Bertz CT molecular complexity index is 1140. The first-order valence-electron chi connectivity index (χ1n) is 11.4. The van der Waals surface area contributed by atoms with Gasteiger partial charge in [0.05, 0.1) is 24.0 Å². The number of rotatable bonds is 5. The Balaban J connectivity index is 1.15. The molecule has 0 saturated carbocycles. The Kier molecular flexibility index (Phi) is 5.76. The molecular formula is C26H26ClN5S. The van der Waals surface area contributed by atoms with Gasteiger partial charge in [0, 0.05) is 43.1 Å². The molecule has 33 heavy (non-hydrogen) atoms. The highest BCUT2D eigenvalue weighted by atomic mass is 35.5. The van der Waals surface area contributed by atoms with Crippen molar-refractivity contribution in [1.82, 2.24) is 9.80 Å². The van der Waals surface area contributed by atoms with Crippen LogP contribution in [-0.2, 0) is 0 Å². The van der Waals surface area contributed by atoms with E-state index in [1.54, 1.807) is 11.9 Å². The van der Waals surface area contributed by atoms with Crippen molar-refractivity contribution in [3.05, 3.63) is 95.0 Å². The number of hydrogen-bond donors (Lipinski definition) is 1. The molecule has 3 aromatic rings. The van der Waals surface area contributed by atoms with Gasteiger partial charge in [-0.15, -0.1) is 0 Å². The van der Waals surface area contributed by atoms with E-state index in [0.29, 0.717) is 0 Å². The van der Waals surface area contributed by atoms with Crippen molar-refractivity contribution >= 4 is 40.8 Å². The topological polar surface area (TPSA) is 34.1 Å². The van der Waals surface area contributed by atoms with Crippen LogP contribution in [0.2, 0.25) is 5.02 Å². The van der Waals surface area contributed by atoms with Gasteiger partial charge in [0.15, 0.2) is 5.50 Å². The maximum atomic E-state index is 6.18. The molecule has 0 spiro atoms. The van der Waals surface area contributed by atoms with Gasteiger partial charge in [0.2, 0.25) is 0 Å². The number of piperazine rings is 1. The molecule has 3 aliphatic heterocycles. The minimum atomic E-state index is 0.186. The highest BCUT2D eigenvalue weighted by molar-refractivity contribution is 7.99. The van der Waals surface area contributed by atoms with Gasteiger partial charge in [0.1, 0.15) is 5.84 Å². The van der Waals surface area contributed by atoms with E-state index >= 15 is 0 Å². The van der Waals surface area contributed by atoms with Crippen molar-refractivity contribution in [3.8, 4) is 0 Å². The molecule has 1 fully saturated rings. The molecule has 0 radical (unpaired) electrons. The van der Waals surface area contributed by atoms with E-state index in [-0.39, 0.29) is 11.5 Å². The summed E-state index contributed by atoms with van der Waals surface area (Å²) in [6, 6.07) is 27.9. The zero-order valence-electron chi connectivity index (χ0n) is 18.3. The Morgan fingerprint density at radius 2 is 1.58 bits per heavy atom. The quantitative estimate of drug-likeness (QED) is 0.505. The number of anilines is 2. The molecule has 1 N–H and O–H groups in total. The third-order valence-electron chi connectivity index (χ3n) is 6.65.